The molecule has 0 aliphatic carbocycles. The minimum absolute atomic E-state index is 0.00241. The van der Waals surface area contributed by atoms with E-state index in [0.717, 1.165) is 32.5 Å². The van der Waals surface area contributed by atoms with E-state index in [2.05, 4.69) is 6.58 Å². The molecule has 1 rings (SSSR count). The highest BCUT2D eigenvalue weighted by atomic mass is 16.7. The number of hydrogen-bond acceptors (Lipinski definition) is 4. The molecule has 4 nitrogen and oxygen atoms in total. The lowest BCUT2D eigenvalue weighted by molar-refractivity contribution is -0.212. The normalized spacial score (nSPS) is 22.4. The number of allylic oxidation sites excluding steroid dienone is 1. The average Bonchev–Trinajstić information content (AvgIpc) is 2.49. The molecule has 0 amide bonds. The summed E-state index contributed by atoms with van der Waals surface area (Å²) >= 11 is 0. The molecule has 0 aromatic heterocycles. The molecule has 1 aliphatic heterocycles. The summed E-state index contributed by atoms with van der Waals surface area (Å²) < 4.78 is 23.0. The molecule has 1 fully saturated rings. The Morgan fingerprint density at radius 2 is 1.95 bits per heavy atom. The second-order valence-electron chi connectivity index (χ2n) is 5.07. The number of hydrogen-bond donors (Lipinski definition) is 0. The highest BCUT2D eigenvalue weighted by Gasteiger charge is 2.26. The minimum atomic E-state index is -0.0943. The van der Waals surface area contributed by atoms with Gasteiger partial charge in [-0.1, -0.05) is 6.08 Å². The fourth-order valence-corrected chi connectivity index (χ4v) is 2.34. The summed E-state index contributed by atoms with van der Waals surface area (Å²) in [6.45, 7) is 11.3. The van der Waals surface area contributed by atoms with E-state index in [1.54, 1.807) is 0 Å². The lowest BCUT2D eigenvalue weighted by Gasteiger charge is -2.32. The smallest absolute Gasteiger partial charge is 0.158 e. The second-order valence-corrected chi connectivity index (χ2v) is 5.07. The molecule has 0 N–H and O–H groups in total. The van der Waals surface area contributed by atoms with E-state index >= 15 is 0 Å². The highest BCUT2D eigenvalue weighted by Crippen LogP contribution is 2.21. The van der Waals surface area contributed by atoms with Gasteiger partial charge in [0, 0.05) is 25.7 Å². The fraction of sp³-hybridized carbons (Fsp3) is 0.875. The molecule has 118 valence electrons. The summed E-state index contributed by atoms with van der Waals surface area (Å²) in [6.07, 6.45) is 5.97. The molecule has 0 saturated carbocycles. The molecule has 1 unspecified atom stereocenters. The van der Waals surface area contributed by atoms with Gasteiger partial charge in [-0.05, 0) is 39.5 Å². The number of rotatable bonds is 11. The van der Waals surface area contributed by atoms with E-state index in [-0.39, 0.29) is 18.3 Å². The van der Waals surface area contributed by atoms with Gasteiger partial charge in [0.1, 0.15) is 0 Å². The van der Waals surface area contributed by atoms with Crippen molar-refractivity contribution in [3.63, 3.8) is 0 Å². The summed E-state index contributed by atoms with van der Waals surface area (Å²) in [4.78, 5) is 0. The molecule has 1 aliphatic rings. The third-order valence-electron chi connectivity index (χ3n) is 3.48. The first-order valence-electron chi connectivity index (χ1n) is 7.85. The van der Waals surface area contributed by atoms with Crippen LogP contribution >= 0.6 is 0 Å². The van der Waals surface area contributed by atoms with Crippen molar-refractivity contribution in [1.29, 1.82) is 0 Å². The molecule has 0 aromatic carbocycles. The Morgan fingerprint density at radius 1 is 1.20 bits per heavy atom. The van der Waals surface area contributed by atoms with Crippen LogP contribution in [0.25, 0.3) is 0 Å². The molecule has 0 aromatic rings. The Kier molecular flexibility index (Phi) is 9.93. The monoisotopic (exact) mass is 286 g/mol. The van der Waals surface area contributed by atoms with Gasteiger partial charge in [-0.3, -0.25) is 0 Å². The predicted molar refractivity (Wildman–Crippen MR) is 79.8 cm³/mol. The SMILES string of the molecule is C=CC[C@@H](COCC)[C@@H](COCC)OC1CCCCO1. The van der Waals surface area contributed by atoms with Gasteiger partial charge in [-0.15, -0.1) is 6.58 Å². The van der Waals surface area contributed by atoms with E-state index in [1.165, 1.54) is 6.42 Å². The van der Waals surface area contributed by atoms with Crippen LogP contribution in [0.1, 0.15) is 39.5 Å². The Hall–Kier alpha value is -0.420. The zero-order valence-corrected chi connectivity index (χ0v) is 13.0. The van der Waals surface area contributed by atoms with Crippen molar-refractivity contribution in [2.75, 3.05) is 33.0 Å². The Balaban J connectivity index is 2.54. The van der Waals surface area contributed by atoms with Crippen molar-refractivity contribution >= 4 is 0 Å². The Morgan fingerprint density at radius 3 is 2.55 bits per heavy atom. The van der Waals surface area contributed by atoms with Crippen LogP contribution in [-0.2, 0) is 18.9 Å². The third kappa shape index (κ3) is 6.84. The van der Waals surface area contributed by atoms with Crippen LogP contribution in [0.5, 0.6) is 0 Å². The Labute approximate surface area is 123 Å². The lowest BCUT2D eigenvalue weighted by Crippen LogP contribution is -2.37. The Bertz CT molecular complexity index is 239. The molecule has 1 saturated heterocycles. The van der Waals surface area contributed by atoms with Crippen LogP contribution in [0.4, 0.5) is 0 Å². The van der Waals surface area contributed by atoms with Crippen LogP contribution in [-0.4, -0.2) is 45.4 Å². The summed E-state index contributed by atoms with van der Waals surface area (Å²) in [7, 11) is 0. The first-order valence-corrected chi connectivity index (χ1v) is 7.85. The van der Waals surface area contributed by atoms with Gasteiger partial charge in [-0.2, -0.15) is 0 Å². The van der Waals surface area contributed by atoms with Crippen LogP contribution < -0.4 is 0 Å². The van der Waals surface area contributed by atoms with Crippen LogP contribution in [0.15, 0.2) is 12.7 Å². The standard InChI is InChI=1S/C16H30O4/c1-4-9-14(12-17-5-2)15(13-18-6-3)20-16-10-7-8-11-19-16/h4,14-16H,1,5-13H2,2-3H3/t14-,15+,16?/m0/s1. The summed E-state index contributed by atoms with van der Waals surface area (Å²) in [5, 5.41) is 0. The molecule has 3 atom stereocenters. The fourth-order valence-electron chi connectivity index (χ4n) is 2.34. The van der Waals surface area contributed by atoms with E-state index in [9.17, 15) is 0 Å². The maximum atomic E-state index is 6.13. The zero-order valence-electron chi connectivity index (χ0n) is 13.0. The van der Waals surface area contributed by atoms with Crippen molar-refractivity contribution in [3.8, 4) is 0 Å². The molecular weight excluding hydrogens is 256 g/mol. The van der Waals surface area contributed by atoms with Gasteiger partial charge in [0.25, 0.3) is 0 Å². The largest absolute Gasteiger partial charge is 0.381 e. The first-order chi connectivity index (χ1) is 9.81. The highest BCUT2D eigenvalue weighted by molar-refractivity contribution is 4.80. The van der Waals surface area contributed by atoms with Gasteiger partial charge in [0.15, 0.2) is 6.29 Å². The van der Waals surface area contributed by atoms with E-state index in [4.69, 9.17) is 18.9 Å². The molecule has 1 heterocycles. The van der Waals surface area contributed by atoms with Crippen molar-refractivity contribution in [2.24, 2.45) is 5.92 Å². The van der Waals surface area contributed by atoms with Gasteiger partial charge < -0.3 is 18.9 Å². The van der Waals surface area contributed by atoms with Crippen molar-refractivity contribution in [2.45, 2.75) is 51.9 Å². The van der Waals surface area contributed by atoms with E-state index in [0.29, 0.717) is 19.8 Å². The minimum Gasteiger partial charge on any atom is -0.381 e. The maximum Gasteiger partial charge on any atom is 0.158 e. The van der Waals surface area contributed by atoms with Crippen molar-refractivity contribution in [3.05, 3.63) is 12.7 Å². The molecule has 20 heavy (non-hydrogen) atoms. The second kappa shape index (κ2) is 11.3. The zero-order chi connectivity index (χ0) is 14.6. The molecule has 0 bridgehead atoms. The summed E-state index contributed by atoms with van der Waals surface area (Å²) in [6, 6.07) is 0. The average molecular weight is 286 g/mol. The van der Waals surface area contributed by atoms with Crippen molar-refractivity contribution in [1.82, 2.24) is 0 Å². The van der Waals surface area contributed by atoms with Crippen LogP contribution in [0, 0.1) is 5.92 Å². The molecule has 4 heteroatoms. The molecular formula is C16H30O4. The number of ether oxygens (including phenoxy) is 4. The van der Waals surface area contributed by atoms with Gasteiger partial charge in [-0.25, -0.2) is 0 Å². The van der Waals surface area contributed by atoms with E-state index in [1.807, 2.05) is 19.9 Å². The van der Waals surface area contributed by atoms with Gasteiger partial charge in [0.2, 0.25) is 0 Å². The predicted octanol–water partition coefficient (Wildman–Crippen LogP) is 3.16. The topological polar surface area (TPSA) is 36.9 Å². The van der Waals surface area contributed by atoms with Gasteiger partial charge >= 0.3 is 0 Å². The maximum absolute atomic E-state index is 6.13. The molecule has 0 spiro atoms. The first kappa shape index (κ1) is 17.6. The van der Waals surface area contributed by atoms with Crippen LogP contribution in [0.3, 0.4) is 0 Å². The van der Waals surface area contributed by atoms with Crippen molar-refractivity contribution < 1.29 is 18.9 Å². The van der Waals surface area contributed by atoms with E-state index < -0.39 is 0 Å². The summed E-state index contributed by atoms with van der Waals surface area (Å²) in [5.74, 6) is 0.268. The quantitative estimate of drug-likeness (QED) is 0.547. The van der Waals surface area contributed by atoms with Crippen LogP contribution in [0.2, 0.25) is 0 Å². The van der Waals surface area contributed by atoms with Gasteiger partial charge in [0.05, 0.1) is 19.3 Å². The lowest BCUT2D eigenvalue weighted by atomic mass is 9.99. The summed E-state index contributed by atoms with van der Waals surface area (Å²) in [5.41, 5.74) is 0. The third-order valence-corrected chi connectivity index (χ3v) is 3.48. The molecule has 0 radical (unpaired) electrons.